The van der Waals surface area contributed by atoms with E-state index in [1.165, 1.54) is 0 Å². The van der Waals surface area contributed by atoms with Gasteiger partial charge in [-0.3, -0.25) is 4.90 Å². The molecule has 2 saturated heterocycles. The maximum Gasteiger partial charge on any atom is 0.326 e. The summed E-state index contributed by atoms with van der Waals surface area (Å²) in [6, 6.07) is -0.995. The van der Waals surface area contributed by atoms with Crippen LogP contribution in [0.4, 0.5) is 41.3 Å². The number of aromatic nitrogens is 1. The van der Waals surface area contributed by atoms with Gasteiger partial charge in [0.1, 0.15) is 17.5 Å². The van der Waals surface area contributed by atoms with Gasteiger partial charge in [-0.25, -0.2) is 35.5 Å². The van der Waals surface area contributed by atoms with Crippen LogP contribution in [0.15, 0.2) is 22.7 Å². The predicted octanol–water partition coefficient (Wildman–Crippen LogP) is 5.87. The summed E-state index contributed by atoms with van der Waals surface area (Å²) in [4.78, 5) is 15.3. The third-order valence-corrected chi connectivity index (χ3v) is 7.15. The van der Waals surface area contributed by atoms with Gasteiger partial charge in [-0.2, -0.15) is 0 Å². The van der Waals surface area contributed by atoms with Gasteiger partial charge in [-0.15, -0.1) is 0 Å². The summed E-state index contributed by atoms with van der Waals surface area (Å²) in [6.45, 7) is -0.439. The summed E-state index contributed by atoms with van der Waals surface area (Å²) < 4.78 is 107. The lowest BCUT2D eigenvalue weighted by atomic mass is 9.93. The second kappa shape index (κ2) is 7.34. The number of nitrogens with zero attached hydrogens (tertiary/aromatic N) is 3. The summed E-state index contributed by atoms with van der Waals surface area (Å²) in [6.07, 6.45) is 1.18. The first-order chi connectivity index (χ1) is 16.6. The summed E-state index contributed by atoms with van der Waals surface area (Å²) in [5.74, 6) is -12.1. The molecule has 5 nitrogen and oxygen atoms in total. The number of benzene rings is 2. The van der Waals surface area contributed by atoms with Crippen LogP contribution in [0.5, 0.6) is 0 Å². The van der Waals surface area contributed by atoms with E-state index in [-0.39, 0.29) is 25.4 Å². The predicted molar refractivity (Wildman–Crippen MR) is 108 cm³/mol. The van der Waals surface area contributed by atoms with E-state index < -0.39 is 80.9 Å². The Morgan fingerprint density at radius 2 is 1.63 bits per heavy atom. The topological polar surface area (TPSA) is 49.6 Å². The lowest BCUT2D eigenvalue weighted by molar-refractivity contribution is -0.0690. The third kappa shape index (κ3) is 3.14. The molecule has 1 aliphatic carbocycles. The first kappa shape index (κ1) is 22.2. The molecule has 2 atom stereocenters. The molecule has 0 radical (unpaired) electrons. The van der Waals surface area contributed by atoms with Crippen LogP contribution in [0.25, 0.3) is 22.1 Å². The number of rotatable bonds is 3. The standard InChI is InChI=1S/C23H16F7N3O2/c24-10-5-12(25)17(13(26)6-10)19-18-15(7-14(27)20(19)28)35-31-21(18)32-4-3-16-23(29,30)11(9-1-2-9)8-33(16)22(32)34/h5-7,9,11,16H,1-4,8H2/t11?,16-/m1/s1. The molecule has 2 aliphatic heterocycles. The van der Waals surface area contributed by atoms with Gasteiger partial charge >= 0.3 is 6.03 Å². The van der Waals surface area contributed by atoms with Crippen molar-refractivity contribution in [3.63, 3.8) is 0 Å². The van der Waals surface area contributed by atoms with Crippen molar-refractivity contribution in [2.45, 2.75) is 31.2 Å². The SMILES string of the molecule is O=C1N(c2noc3cc(F)c(F)c(-c4c(F)cc(F)cc4F)c23)CC[C@H]2N1CC(C1CC1)C2(F)F. The number of amides is 2. The second-order valence-corrected chi connectivity index (χ2v) is 9.18. The molecule has 3 fully saturated rings. The third-order valence-electron chi connectivity index (χ3n) is 7.15. The molecule has 2 aromatic carbocycles. The van der Waals surface area contributed by atoms with Gasteiger partial charge in [0.15, 0.2) is 23.0 Å². The highest BCUT2D eigenvalue weighted by Gasteiger charge is 2.63. The van der Waals surface area contributed by atoms with Crippen LogP contribution in [0.1, 0.15) is 19.3 Å². The molecule has 1 aromatic heterocycles. The molecule has 3 heterocycles. The van der Waals surface area contributed by atoms with Crippen molar-refractivity contribution in [2.24, 2.45) is 11.8 Å². The van der Waals surface area contributed by atoms with Crippen molar-refractivity contribution < 1.29 is 40.1 Å². The lowest BCUT2D eigenvalue weighted by Gasteiger charge is -2.37. The van der Waals surface area contributed by atoms with E-state index in [1.54, 1.807) is 0 Å². The molecular formula is C23H16F7N3O2. The Labute approximate surface area is 193 Å². The van der Waals surface area contributed by atoms with Crippen LogP contribution in [-0.2, 0) is 0 Å². The number of hydrogen-bond acceptors (Lipinski definition) is 3. The van der Waals surface area contributed by atoms with Crippen molar-refractivity contribution in [3.8, 4) is 11.1 Å². The van der Waals surface area contributed by atoms with Gasteiger partial charge in [-0.05, 0) is 25.2 Å². The highest BCUT2D eigenvalue weighted by atomic mass is 19.3. The number of fused-ring (bicyclic) bond motifs is 2. The molecule has 0 bridgehead atoms. The van der Waals surface area contributed by atoms with Crippen LogP contribution in [0, 0.1) is 40.9 Å². The Balaban J connectivity index is 1.49. The summed E-state index contributed by atoms with van der Waals surface area (Å²) in [7, 11) is 0. The number of hydrogen-bond donors (Lipinski definition) is 0. The monoisotopic (exact) mass is 499 g/mol. The van der Waals surface area contributed by atoms with Gasteiger partial charge in [0.25, 0.3) is 5.92 Å². The van der Waals surface area contributed by atoms with Crippen LogP contribution in [-0.4, -0.2) is 41.1 Å². The molecule has 1 saturated carbocycles. The minimum Gasteiger partial charge on any atom is -0.354 e. The molecule has 6 rings (SSSR count). The molecule has 2 amide bonds. The lowest BCUT2D eigenvalue weighted by Crippen LogP contribution is -2.55. The Morgan fingerprint density at radius 1 is 0.943 bits per heavy atom. The van der Waals surface area contributed by atoms with Crippen LogP contribution >= 0.6 is 0 Å². The number of alkyl halides is 2. The van der Waals surface area contributed by atoms with E-state index in [0.717, 1.165) is 9.80 Å². The average Bonchev–Trinajstić information content (AvgIpc) is 3.47. The average molecular weight is 499 g/mol. The van der Waals surface area contributed by atoms with Crippen LogP contribution in [0.3, 0.4) is 0 Å². The fourth-order valence-corrected chi connectivity index (χ4v) is 5.37. The maximum atomic E-state index is 15.0. The molecule has 35 heavy (non-hydrogen) atoms. The number of halogens is 7. The summed E-state index contributed by atoms with van der Waals surface area (Å²) >= 11 is 0. The molecule has 1 unspecified atom stereocenters. The van der Waals surface area contributed by atoms with Crippen molar-refractivity contribution >= 4 is 22.8 Å². The Hall–Kier alpha value is -3.31. The van der Waals surface area contributed by atoms with Gasteiger partial charge in [0.05, 0.1) is 17.0 Å². The Kier molecular flexibility index (Phi) is 4.65. The van der Waals surface area contributed by atoms with E-state index in [9.17, 15) is 35.5 Å². The van der Waals surface area contributed by atoms with Gasteiger partial charge in [0.2, 0.25) is 0 Å². The van der Waals surface area contributed by atoms with Crippen LogP contribution in [0.2, 0.25) is 0 Å². The van der Waals surface area contributed by atoms with Crippen LogP contribution < -0.4 is 4.90 Å². The largest absolute Gasteiger partial charge is 0.354 e. The Morgan fingerprint density at radius 3 is 2.29 bits per heavy atom. The minimum absolute atomic E-state index is 0.144. The van der Waals surface area contributed by atoms with Crippen molar-refractivity contribution in [3.05, 3.63) is 47.3 Å². The van der Waals surface area contributed by atoms with Crippen molar-refractivity contribution in [2.75, 3.05) is 18.0 Å². The molecule has 12 heteroatoms. The fourth-order valence-electron chi connectivity index (χ4n) is 5.37. The van der Waals surface area contributed by atoms with Gasteiger partial charge in [0, 0.05) is 42.8 Å². The number of urea groups is 1. The fraction of sp³-hybridized carbons (Fsp3) is 0.391. The molecule has 3 aliphatic rings. The minimum atomic E-state index is -3.07. The molecule has 0 N–H and O–H groups in total. The second-order valence-electron chi connectivity index (χ2n) is 9.18. The van der Waals surface area contributed by atoms with Crippen molar-refractivity contribution in [1.82, 2.24) is 10.1 Å². The van der Waals surface area contributed by atoms with Gasteiger partial charge in [-0.1, -0.05) is 5.16 Å². The summed E-state index contributed by atoms with van der Waals surface area (Å²) in [5.41, 5.74) is -2.47. The quantitative estimate of drug-likeness (QED) is 0.424. The molecule has 184 valence electrons. The summed E-state index contributed by atoms with van der Waals surface area (Å²) in [5, 5.41) is 3.26. The van der Waals surface area contributed by atoms with E-state index in [2.05, 4.69) is 5.16 Å². The zero-order chi connectivity index (χ0) is 24.8. The van der Waals surface area contributed by atoms with E-state index in [1.807, 2.05) is 0 Å². The van der Waals surface area contributed by atoms with Gasteiger partial charge < -0.3 is 9.42 Å². The number of carbonyl (C=O) groups is 1. The highest BCUT2D eigenvalue weighted by molar-refractivity contribution is 6.07. The highest BCUT2D eigenvalue weighted by Crippen LogP contribution is 2.53. The first-order valence-corrected chi connectivity index (χ1v) is 11.0. The zero-order valence-electron chi connectivity index (χ0n) is 17.8. The van der Waals surface area contributed by atoms with E-state index in [0.29, 0.717) is 31.0 Å². The zero-order valence-corrected chi connectivity index (χ0v) is 17.8. The molecular weight excluding hydrogens is 483 g/mol. The molecule has 0 spiro atoms. The smallest absolute Gasteiger partial charge is 0.326 e. The van der Waals surface area contributed by atoms with E-state index >= 15 is 0 Å². The first-order valence-electron chi connectivity index (χ1n) is 11.0. The van der Waals surface area contributed by atoms with E-state index in [4.69, 9.17) is 4.52 Å². The number of carbonyl (C=O) groups excluding carboxylic acids is 1. The van der Waals surface area contributed by atoms with Crippen molar-refractivity contribution in [1.29, 1.82) is 0 Å². The Bertz CT molecular complexity index is 1360. The normalized spacial score (nSPS) is 23.9. The number of anilines is 1. The molecule has 3 aromatic rings. The maximum absolute atomic E-state index is 15.0.